The van der Waals surface area contributed by atoms with E-state index in [0.717, 1.165) is 36.9 Å². The van der Waals surface area contributed by atoms with Crippen molar-refractivity contribution in [2.45, 2.75) is 65.5 Å². The minimum Gasteiger partial charge on any atom is -0.490 e. The summed E-state index contributed by atoms with van der Waals surface area (Å²) in [5.74, 6) is 1.82. The molecule has 1 aromatic rings. The van der Waals surface area contributed by atoms with Crippen LogP contribution < -0.4 is 10.1 Å². The summed E-state index contributed by atoms with van der Waals surface area (Å²) in [7, 11) is 0. The van der Waals surface area contributed by atoms with Crippen LogP contribution in [-0.2, 0) is 6.54 Å². The molecule has 2 rings (SSSR count). The Hall–Kier alpha value is -1.09. The summed E-state index contributed by atoms with van der Waals surface area (Å²) in [5.41, 5.74) is 2.21. The lowest BCUT2D eigenvalue weighted by Gasteiger charge is -2.28. The quantitative estimate of drug-likeness (QED) is 0.801. The first-order chi connectivity index (χ1) is 9.69. The number of nitrogens with one attached hydrogen (secondary N) is 1. The van der Waals surface area contributed by atoms with Crippen LogP contribution in [0.4, 0.5) is 0 Å². The zero-order valence-electron chi connectivity index (χ0n) is 13.1. The van der Waals surface area contributed by atoms with E-state index in [1.165, 1.54) is 31.2 Å². The summed E-state index contributed by atoms with van der Waals surface area (Å²) in [6.07, 6.45) is 8.50. The van der Waals surface area contributed by atoms with Gasteiger partial charge in [-0.3, -0.25) is 4.98 Å². The molecule has 1 aromatic heterocycles. The molecule has 1 saturated carbocycles. The Bertz CT molecular complexity index is 419. The Morgan fingerprint density at radius 2 is 2.25 bits per heavy atom. The van der Waals surface area contributed by atoms with Gasteiger partial charge in [0, 0.05) is 30.1 Å². The molecule has 1 fully saturated rings. The summed E-state index contributed by atoms with van der Waals surface area (Å²) >= 11 is 0. The molecule has 1 aliphatic rings. The highest BCUT2D eigenvalue weighted by Gasteiger charge is 2.21. The van der Waals surface area contributed by atoms with Crippen molar-refractivity contribution in [3.8, 4) is 5.75 Å². The van der Waals surface area contributed by atoms with Crippen LogP contribution in [0.1, 0.15) is 57.2 Å². The van der Waals surface area contributed by atoms with Gasteiger partial charge in [-0.1, -0.05) is 20.3 Å². The van der Waals surface area contributed by atoms with Gasteiger partial charge in [-0.25, -0.2) is 0 Å². The van der Waals surface area contributed by atoms with Crippen LogP contribution in [0.5, 0.6) is 5.75 Å². The Morgan fingerprint density at radius 3 is 3.00 bits per heavy atom. The third kappa shape index (κ3) is 4.48. The van der Waals surface area contributed by atoms with E-state index < -0.39 is 0 Å². The normalized spacial score (nSPS) is 22.8. The van der Waals surface area contributed by atoms with Gasteiger partial charge in [0.1, 0.15) is 5.75 Å². The van der Waals surface area contributed by atoms with E-state index in [0.29, 0.717) is 6.10 Å². The smallest absolute Gasteiger partial charge is 0.127 e. The molecule has 0 aliphatic heterocycles. The molecule has 3 heteroatoms. The monoisotopic (exact) mass is 276 g/mol. The van der Waals surface area contributed by atoms with E-state index in [4.69, 9.17) is 4.74 Å². The maximum atomic E-state index is 6.29. The number of nitrogens with zero attached hydrogens (tertiary/aromatic N) is 1. The largest absolute Gasteiger partial charge is 0.490 e. The fraction of sp³-hybridized carbons (Fsp3) is 0.706. The maximum absolute atomic E-state index is 6.29. The zero-order chi connectivity index (χ0) is 14.4. The standard InChI is InChI=1S/C17H28N2O/c1-4-8-18-11-15-12-19-14(3)10-17(15)20-16-7-5-6-13(2)9-16/h10,12-13,16,18H,4-9,11H2,1-3H3. The number of ether oxygens (including phenoxy) is 1. The van der Waals surface area contributed by atoms with E-state index in [9.17, 15) is 0 Å². The molecule has 1 N–H and O–H groups in total. The Kier molecular flexibility index (Phi) is 5.84. The number of hydrogen-bond donors (Lipinski definition) is 1. The predicted molar refractivity (Wildman–Crippen MR) is 83.0 cm³/mol. The average Bonchev–Trinajstić information content (AvgIpc) is 2.41. The number of aryl methyl sites for hydroxylation is 1. The highest BCUT2D eigenvalue weighted by molar-refractivity contribution is 5.33. The Labute approximate surface area is 123 Å². The molecule has 3 nitrogen and oxygen atoms in total. The molecule has 1 aliphatic carbocycles. The third-order valence-corrected chi connectivity index (χ3v) is 4.00. The van der Waals surface area contributed by atoms with Crippen molar-refractivity contribution < 1.29 is 4.74 Å². The van der Waals surface area contributed by atoms with Crippen molar-refractivity contribution in [2.24, 2.45) is 5.92 Å². The summed E-state index contributed by atoms with van der Waals surface area (Å²) in [6.45, 7) is 8.42. The van der Waals surface area contributed by atoms with Crippen LogP contribution in [0.15, 0.2) is 12.3 Å². The van der Waals surface area contributed by atoms with Crippen molar-refractivity contribution in [1.29, 1.82) is 0 Å². The SMILES string of the molecule is CCCNCc1cnc(C)cc1OC1CCCC(C)C1. The van der Waals surface area contributed by atoms with Gasteiger partial charge in [-0.2, -0.15) is 0 Å². The van der Waals surface area contributed by atoms with Gasteiger partial charge in [-0.15, -0.1) is 0 Å². The minimum atomic E-state index is 0.380. The lowest BCUT2D eigenvalue weighted by Crippen LogP contribution is -2.25. The first kappa shape index (κ1) is 15.3. The van der Waals surface area contributed by atoms with Gasteiger partial charge in [0.15, 0.2) is 0 Å². The molecule has 0 spiro atoms. The first-order valence-electron chi connectivity index (χ1n) is 8.02. The molecular weight excluding hydrogens is 248 g/mol. The van der Waals surface area contributed by atoms with Gasteiger partial charge in [0.25, 0.3) is 0 Å². The molecule has 0 radical (unpaired) electrons. The van der Waals surface area contributed by atoms with Gasteiger partial charge in [0.05, 0.1) is 6.10 Å². The van der Waals surface area contributed by atoms with Gasteiger partial charge in [0.2, 0.25) is 0 Å². The first-order valence-corrected chi connectivity index (χ1v) is 8.02. The average molecular weight is 276 g/mol. The van der Waals surface area contributed by atoms with E-state index in [2.05, 4.69) is 30.2 Å². The maximum Gasteiger partial charge on any atom is 0.127 e. The summed E-state index contributed by atoms with van der Waals surface area (Å²) in [4.78, 5) is 4.41. The van der Waals surface area contributed by atoms with Crippen molar-refractivity contribution in [3.63, 3.8) is 0 Å². The summed E-state index contributed by atoms with van der Waals surface area (Å²) < 4.78 is 6.29. The van der Waals surface area contributed by atoms with Crippen LogP contribution in [-0.4, -0.2) is 17.6 Å². The van der Waals surface area contributed by atoms with Crippen molar-refractivity contribution in [1.82, 2.24) is 10.3 Å². The van der Waals surface area contributed by atoms with Crippen LogP contribution in [0.3, 0.4) is 0 Å². The second-order valence-corrected chi connectivity index (χ2v) is 6.12. The zero-order valence-corrected chi connectivity index (χ0v) is 13.1. The second-order valence-electron chi connectivity index (χ2n) is 6.12. The number of aromatic nitrogens is 1. The molecular formula is C17H28N2O. The summed E-state index contributed by atoms with van der Waals surface area (Å²) in [5, 5.41) is 3.44. The molecule has 2 unspecified atom stereocenters. The van der Waals surface area contributed by atoms with Crippen LogP contribution in [0, 0.1) is 12.8 Å². The van der Waals surface area contributed by atoms with Gasteiger partial charge in [-0.05, 0) is 45.1 Å². The van der Waals surface area contributed by atoms with Crippen LogP contribution in [0.2, 0.25) is 0 Å². The number of rotatable bonds is 6. The molecule has 0 saturated heterocycles. The van der Waals surface area contributed by atoms with Crippen molar-refractivity contribution in [3.05, 3.63) is 23.5 Å². The summed E-state index contributed by atoms with van der Waals surface area (Å²) in [6, 6.07) is 2.09. The third-order valence-electron chi connectivity index (χ3n) is 4.00. The van der Waals surface area contributed by atoms with Crippen molar-refractivity contribution in [2.75, 3.05) is 6.54 Å². The van der Waals surface area contributed by atoms with E-state index in [1.54, 1.807) is 0 Å². The molecule has 0 aromatic carbocycles. The van der Waals surface area contributed by atoms with Gasteiger partial charge >= 0.3 is 0 Å². The molecule has 0 amide bonds. The predicted octanol–water partition coefficient (Wildman–Crippen LogP) is 3.85. The Morgan fingerprint density at radius 1 is 1.40 bits per heavy atom. The fourth-order valence-electron chi connectivity index (χ4n) is 2.87. The number of hydrogen-bond acceptors (Lipinski definition) is 3. The number of pyridine rings is 1. The van der Waals surface area contributed by atoms with Crippen molar-refractivity contribution >= 4 is 0 Å². The minimum absolute atomic E-state index is 0.380. The van der Waals surface area contributed by atoms with E-state index in [-0.39, 0.29) is 0 Å². The lowest BCUT2D eigenvalue weighted by atomic mass is 9.88. The van der Waals surface area contributed by atoms with E-state index >= 15 is 0 Å². The molecule has 1 heterocycles. The van der Waals surface area contributed by atoms with Crippen LogP contribution in [0.25, 0.3) is 0 Å². The fourth-order valence-corrected chi connectivity index (χ4v) is 2.87. The molecule has 20 heavy (non-hydrogen) atoms. The highest BCUT2D eigenvalue weighted by atomic mass is 16.5. The van der Waals surface area contributed by atoms with Crippen LogP contribution >= 0.6 is 0 Å². The highest BCUT2D eigenvalue weighted by Crippen LogP contribution is 2.29. The Balaban J connectivity index is 2.02. The molecule has 2 atom stereocenters. The van der Waals surface area contributed by atoms with Gasteiger partial charge < -0.3 is 10.1 Å². The molecule has 112 valence electrons. The van der Waals surface area contributed by atoms with E-state index in [1.807, 2.05) is 13.1 Å². The molecule has 0 bridgehead atoms. The topological polar surface area (TPSA) is 34.2 Å². The second kappa shape index (κ2) is 7.63. The lowest BCUT2D eigenvalue weighted by molar-refractivity contribution is 0.127.